The zero-order valence-corrected chi connectivity index (χ0v) is 25.5. The molecule has 0 aliphatic carbocycles. The third-order valence-electron chi connectivity index (χ3n) is 9.79. The molecular formula is C32H38F4N8O. The fraction of sp³-hybridized carbons (Fsp3) is 0.531. The van der Waals surface area contributed by atoms with Crippen molar-refractivity contribution >= 4 is 17.4 Å². The van der Waals surface area contributed by atoms with Crippen molar-refractivity contribution in [2.24, 2.45) is 7.05 Å². The summed E-state index contributed by atoms with van der Waals surface area (Å²) in [6, 6.07) is 2.55. The number of amides is 1. The van der Waals surface area contributed by atoms with Gasteiger partial charge in [0.25, 0.3) is 12.3 Å². The van der Waals surface area contributed by atoms with Crippen molar-refractivity contribution < 1.29 is 22.4 Å². The predicted octanol–water partition coefficient (Wildman–Crippen LogP) is 4.97. The van der Waals surface area contributed by atoms with Crippen molar-refractivity contribution in [3.8, 4) is 11.1 Å². The molecule has 1 aromatic carbocycles. The number of fused-ring (bicyclic) bond motifs is 2. The van der Waals surface area contributed by atoms with Crippen LogP contribution in [0.5, 0.6) is 0 Å². The molecular weight excluding hydrogens is 588 g/mol. The second-order valence-electron chi connectivity index (χ2n) is 12.6. The SMILES string of the molecule is CC(=O)N1CCc2c(c(N3CCCc4cc(-c5cnn(C)c5)c(C(F)F)cc43)nn2C2CCN(C3C=CNCC3(F)F)CC2)C1. The molecule has 9 nitrogen and oxygen atoms in total. The third-order valence-corrected chi connectivity index (χ3v) is 9.79. The van der Waals surface area contributed by atoms with Gasteiger partial charge in [0.05, 0.1) is 31.4 Å². The number of hydrogen-bond donors (Lipinski definition) is 1. The topological polar surface area (TPSA) is 74.5 Å². The molecule has 0 bridgehead atoms. The van der Waals surface area contributed by atoms with Crippen LogP contribution in [0.25, 0.3) is 11.1 Å². The molecule has 0 spiro atoms. The Labute approximate surface area is 259 Å². The number of piperidine rings is 1. The number of nitrogens with zero attached hydrogens (tertiary/aromatic N) is 7. The summed E-state index contributed by atoms with van der Waals surface area (Å²) in [5, 5.41) is 12.0. The fourth-order valence-corrected chi connectivity index (χ4v) is 7.47. The minimum absolute atomic E-state index is 0.0146. The summed E-state index contributed by atoms with van der Waals surface area (Å²) >= 11 is 0. The van der Waals surface area contributed by atoms with Crippen LogP contribution in [0.2, 0.25) is 0 Å². The van der Waals surface area contributed by atoms with E-state index in [1.165, 1.54) is 0 Å². The van der Waals surface area contributed by atoms with Crippen LogP contribution in [0.1, 0.15) is 61.0 Å². The first-order valence-electron chi connectivity index (χ1n) is 15.7. The number of aryl methyl sites for hydroxylation is 2. The van der Waals surface area contributed by atoms with Gasteiger partial charge >= 0.3 is 0 Å². The van der Waals surface area contributed by atoms with E-state index in [0.29, 0.717) is 74.6 Å². The highest BCUT2D eigenvalue weighted by molar-refractivity contribution is 5.78. The van der Waals surface area contributed by atoms with Crippen LogP contribution in [0, 0.1) is 0 Å². The molecule has 7 rings (SSSR count). The second kappa shape index (κ2) is 11.5. The molecule has 240 valence electrons. The summed E-state index contributed by atoms with van der Waals surface area (Å²) in [4.78, 5) is 18.2. The third kappa shape index (κ3) is 5.38. The lowest BCUT2D eigenvalue weighted by atomic mass is 9.92. The predicted molar refractivity (Wildman–Crippen MR) is 162 cm³/mol. The number of hydrogen-bond acceptors (Lipinski definition) is 6. The van der Waals surface area contributed by atoms with Gasteiger partial charge < -0.3 is 15.1 Å². The van der Waals surface area contributed by atoms with Crippen LogP contribution in [0.15, 0.2) is 36.8 Å². The highest BCUT2D eigenvalue weighted by atomic mass is 19.3. The van der Waals surface area contributed by atoms with Gasteiger partial charge in [-0.15, -0.1) is 0 Å². The summed E-state index contributed by atoms with van der Waals surface area (Å²) < 4.78 is 62.1. The van der Waals surface area contributed by atoms with Crippen LogP contribution in [-0.4, -0.2) is 80.0 Å². The number of benzene rings is 1. The number of halogens is 4. The number of aromatic nitrogens is 4. The highest BCUT2D eigenvalue weighted by Gasteiger charge is 2.44. The first-order chi connectivity index (χ1) is 21.6. The molecule has 45 heavy (non-hydrogen) atoms. The van der Waals surface area contributed by atoms with E-state index in [0.717, 1.165) is 29.7 Å². The van der Waals surface area contributed by atoms with Crippen molar-refractivity contribution in [1.29, 1.82) is 0 Å². The maximum atomic E-state index is 14.7. The van der Waals surface area contributed by atoms with E-state index in [9.17, 15) is 22.4 Å². The number of nitrogens with one attached hydrogen (secondary N) is 1. The zero-order valence-electron chi connectivity index (χ0n) is 25.5. The number of likely N-dealkylation sites (tertiary alicyclic amines) is 1. The van der Waals surface area contributed by atoms with Crippen LogP contribution in [0.3, 0.4) is 0 Å². The molecule has 2 aromatic heterocycles. The Morgan fingerprint density at radius 2 is 1.91 bits per heavy atom. The van der Waals surface area contributed by atoms with E-state index in [1.807, 2.05) is 15.9 Å². The Kier molecular flexibility index (Phi) is 7.61. The van der Waals surface area contributed by atoms with E-state index in [-0.39, 0.29) is 24.1 Å². The standard InChI is InChI=1S/C32H38F4N8O/c1-20(45)42-13-8-27-26(18-42)31(39-44(27)23-6-11-41(12-7-23)29-5-9-37-19-32(29,35)36)43-10-3-4-21-14-24(22-16-38-40(2)17-22)25(30(33)34)15-28(21)43/h5,9,14-17,23,29-30,37H,3-4,6-8,10-13,18-19H2,1-2H3. The van der Waals surface area contributed by atoms with Crippen molar-refractivity contribution in [2.75, 3.05) is 37.6 Å². The van der Waals surface area contributed by atoms with Gasteiger partial charge in [-0.05, 0) is 61.2 Å². The largest absolute Gasteiger partial charge is 0.385 e. The van der Waals surface area contributed by atoms with Gasteiger partial charge in [-0.25, -0.2) is 17.6 Å². The summed E-state index contributed by atoms with van der Waals surface area (Å²) in [6.07, 6.45) is 7.36. The second-order valence-corrected chi connectivity index (χ2v) is 12.6. The first kappa shape index (κ1) is 29.8. The quantitative estimate of drug-likeness (QED) is 0.404. The molecule has 1 fully saturated rings. The maximum Gasteiger partial charge on any atom is 0.283 e. The molecule has 6 heterocycles. The minimum atomic E-state index is -2.84. The summed E-state index contributed by atoms with van der Waals surface area (Å²) in [6.45, 7) is 3.79. The van der Waals surface area contributed by atoms with Crippen LogP contribution in [-0.2, 0) is 31.2 Å². The Hall–Kier alpha value is -3.87. The van der Waals surface area contributed by atoms with E-state index in [4.69, 9.17) is 5.10 Å². The van der Waals surface area contributed by atoms with E-state index in [1.54, 1.807) is 54.3 Å². The van der Waals surface area contributed by atoms with Gasteiger partial charge in [0.2, 0.25) is 5.91 Å². The lowest BCUT2D eigenvalue weighted by molar-refractivity contribution is -0.129. The average Bonchev–Trinajstić information content (AvgIpc) is 3.63. The number of carbonyl (C=O) groups excluding carboxylic acids is 1. The van der Waals surface area contributed by atoms with Gasteiger partial charge in [-0.2, -0.15) is 10.2 Å². The molecule has 4 aliphatic rings. The van der Waals surface area contributed by atoms with Crippen molar-refractivity contribution in [2.45, 2.75) is 70.0 Å². The number of alkyl halides is 4. The average molecular weight is 627 g/mol. The molecule has 1 N–H and O–H groups in total. The van der Waals surface area contributed by atoms with Crippen LogP contribution >= 0.6 is 0 Å². The molecule has 0 saturated carbocycles. The lowest BCUT2D eigenvalue weighted by Gasteiger charge is -2.41. The Morgan fingerprint density at radius 1 is 1.11 bits per heavy atom. The molecule has 3 aromatic rings. The highest BCUT2D eigenvalue weighted by Crippen LogP contribution is 2.44. The minimum Gasteiger partial charge on any atom is -0.385 e. The Morgan fingerprint density at radius 3 is 2.60 bits per heavy atom. The molecule has 0 radical (unpaired) electrons. The van der Waals surface area contributed by atoms with Crippen LogP contribution in [0.4, 0.5) is 29.1 Å². The summed E-state index contributed by atoms with van der Waals surface area (Å²) in [7, 11) is 1.76. The van der Waals surface area contributed by atoms with Gasteiger partial charge in [0, 0.05) is 80.8 Å². The number of carbonyl (C=O) groups is 1. The summed E-state index contributed by atoms with van der Waals surface area (Å²) in [5.41, 5.74) is 4.74. The molecule has 4 aliphatic heterocycles. The van der Waals surface area contributed by atoms with Gasteiger partial charge in [0.1, 0.15) is 0 Å². The Bertz CT molecular complexity index is 1620. The van der Waals surface area contributed by atoms with Crippen molar-refractivity contribution in [1.82, 2.24) is 34.7 Å². The fourth-order valence-electron chi connectivity index (χ4n) is 7.47. The monoisotopic (exact) mass is 626 g/mol. The molecule has 1 saturated heterocycles. The zero-order chi connectivity index (χ0) is 31.5. The Balaban J connectivity index is 1.24. The van der Waals surface area contributed by atoms with Gasteiger partial charge in [0.15, 0.2) is 5.82 Å². The first-order valence-corrected chi connectivity index (χ1v) is 15.7. The van der Waals surface area contributed by atoms with Gasteiger partial charge in [-0.1, -0.05) is 0 Å². The maximum absolute atomic E-state index is 14.7. The molecule has 1 atom stereocenters. The van der Waals surface area contributed by atoms with E-state index < -0.39 is 18.4 Å². The molecule has 1 amide bonds. The molecule has 1 unspecified atom stereocenters. The van der Waals surface area contributed by atoms with E-state index in [2.05, 4.69) is 15.1 Å². The van der Waals surface area contributed by atoms with Crippen molar-refractivity contribution in [3.05, 3.63) is 59.2 Å². The number of anilines is 2. The normalized spacial score (nSPS) is 22.0. The number of rotatable bonds is 5. The smallest absolute Gasteiger partial charge is 0.283 e. The van der Waals surface area contributed by atoms with Gasteiger partial charge in [-0.3, -0.25) is 19.1 Å². The lowest BCUT2D eigenvalue weighted by Crippen LogP contribution is -2.55. The summed E-state index contributed by atoms with van der Waals surface area (Å²) in [5.74, 6) is -2.17. The molecule has 13 heteroatoms. The van der Waals surface area contributed by atoms with E-state index >= 15 is 0 Å². The van der Waals surface area contributed by atoms with Crippen molar-refractivity contribution in [3.63, 3.8) is 0 Å². The van der Waals surface area contributed by atoms with Crippen LogP contribution < -0.4 is 10.2 Å².